The maximum atomic E-state index is 10.1. The average molecular weight is 362 g/mol. The molecule has 0 fully saturated rings. The normalized spacial score (nSPS) is 9.13. The molecule has 0 aliphatic rings. The van der Waals surface area contributed by atoms with Crippen molar-refractivity contribution in [3.05, 3.63) is 70.8 Å². The van der Waals surface area contributed by atoms with Crippen LogP contribution in [0.5, 0.6) is 0 Å². The van der Waals surface area contributed by atoms with Gasteiger partial charge in [0.1, 0.15) is 0 Å². The van der Waals surface area contributed by atoms with Gasteiger partial charge in [-0.05, 0) is 25.0 Å². The summed E-state index contributed by atoms with van der Waals surface area (Å²) >= 11 is 0. The SMILES string of the molecule is Cc1ccc(CC(=O)[O-])cc1.Cc1ccc(CC(=O)[O-])cc1.[Cu+2]. The molecule has 0 bridgehead atoms. The van der Waals surface area contributed by atoms with Crippen LogP contribution in [0.15, 0.2) is 48.5 Å². The van der Waals surface area contributed by atoms with Crippen LogP contribution in [0.1, 0.15) is 22.3 Å². The van der Waals surface area contributed by atoms with Crippen molar-refractivity contribution in [2.75, 3.05) is 0 Å². The summed E-state index contributed by atoms with van der Waals surface area (Å²) in [4.78, 5) is 20.3. The predicted molar refractivity (Wildman–Crippen MR) is 79.8 cm³/mol. The van der Waals surface area contributed by atoms with E-state index in [-0.39, 0.29) is 29.9 Å². The second-order valence-corrected chi connectivity index (χ2v) is 5.07. The first-order valence-corrected chi connectivity index (χ1v) is 6.87. The summed E-state index contributed by atoms with van der Waals surface area (Å²) in [5, 5.41) is 20.3. The van der Waals surface area contributed by atoms with Crippen molar-refractivity contribution in [1.29, 1.82) is 0 Å². The van der Waals surface area contributed by atoms with Crippen molar-refractivity contribution in [1.82, 2.24) is 0 Å². The van der Waals surface area contributed by atoms with Crippen LogP contribution in [0, 0.1) is 13.8 Å². The first kappa shape index (κ1) is 20.9. The van der Waals surface area contributed by atoms with Crippen LogP contribution in [0.4, 0.5) is 0 Å². The van der Waals surface area contributed by atoms with Crippen molar-refractivity contribution in [3.8, 4) is 0 Å². The Morgan fingerprint density at radius 2 is 0.957 bits per heavy atom. The number of aliphatic carboxylic acids is 2. The van der Waals surface area contributed by atoms with Gasteiger partial charge >= 0.3 is 17.1 Å². The van der Waals surface area contributed by atoms with E-state index in [9.17, 15) is 19.8 Å². The molecule has 0 saturated carbocycles. The van der Waals surface area contributed by atoms with Crippen LogP contribution >= 0.6 is 0 Å². The summed E-state index contributed by atoms with van der Waals surface area (Å²) in [6, 6.07) is 14.7. The molecule has 2 aromatic carbocycles. The largest absolute Gasteiger partial charge is 2.00 e. The van der Waals surface area contributed by atoms with E-state index in [0.717, 1.165) is 22.3 Å². The Hall–Kier alpha value is -2.10. The molecule has 0 N–H and O–H groups in total. The zero-order valence-electron chi connectivity index (χ0n) is 13.0. The van der Waals surface area contributed by atoms with Gasteiger partial charge in [0.25, 0.3) is 0 Å². The molecule has 0 unspecified atom stereocenters. The number of aryl methyl sites for hydroxylation is 2. The Bertz CT molecular complexity index is 561. The molecule has 0 aliphatic carbocycles. The third-order valence-corrected chi connectivity index (χ3v) is 2.94. The fourth-order valence-corrected chi connectivity index (χ4v) is 1.75. The van der Waals surface area contributed by atoms with Gasteiger partial charge in [0.2, 0.25) is 0 Å². The minimum Gasteiger partial charge on any atom is -0.550 e. The van der Waals surface area contributed by atoms with E-state index < -0.39 is 11.9 Å². The molecule has 0 heterocycles. The Morgan fingerprint density at radius 3 is 1.17 bits per heavy atom. The van der Waals surface area contributed by atoms with Gasteiger partial charge in [0, 0.05) is 24.8 Å². The molecule has 0 saturated heterocycles. The maximum absolute atomic E-state index is 10.1. The van der Waals surface area contributed by atoms with Crippen LogP contribution in [-0.2, 0) is 39.5 Å². The van der Waals surface area contributed by atoms with Crippen LogP contribution in [-0.4, -0.2) is 11.9 Å². The fourth-order valence-electron chi connectivity index (χ4n) is 1.75. The first-order valence-electron chi connectivity index (χ1n) is 6.87. The summed E-state index contributed by atoms with van der Waals surface area (Å²) in [7, 11) is 0. The molecule has 2 rings (SSSR count). The molecule has 0 atom stereocenters. The number of hydrogen-bond donors (Lipinski definition) is 0. The van der Waals surface area contributed by atoms with E-state index in [2.05, 4.69) is 0 Å². The fraction of sp³-hybridized carbons (Fsp3) is 0.222. The Morgan fingerprint density at radius 1 is 0.696 bits per heavy atom. The van der Waals surface area contributed by atoms with Gasteiger partial charge < -0.3 is 19.8 Å². The quantitative estimate of drug-likeness (QED) is 0.746. The van der Waals surface area contributed by atoms with E-state index in [1.807, 2.05) is 38.1 Å². The molecular weight excluding hydrogens is 344 g/mol. The zero-order chi connectivity index (χ0) is 16.5. The molecule has 1 radical (unpaired) electrons. The Kier molecular flexibility index (Phi) is 9.63. The van der Waals surface area contributed by atoms with Crippen molar-refractivity contribution < 1.29 is 36.9 Å². The zero-order valence-corrected chi connectivity index (χ0v) is 13.9. The number of carbonyl (C=O) groups is 2. The molecule has 2 aromatic rings. The Labute approximate surface area is 146 Å². The average Bonchev–Trinajstić information content (AvgIpc) is 2.44. The van der Waals surface area contributed by atoms with Gasteiger partial charge in [-0.3, -0.25) is 0 Å². The summed E-state index contributed by atoms with van der Waals surface area (Å²) in [5.41, 5.74) is 3.84. The second kappa shape index (κ2) is 10.6. The number of carboxylic acid groups (broad SMARTS) is 2. The summed E-state index contributed by atoms with van der Waals surface area (Å²) in [6.07, 6.45) is 0.000556. The van der Waals surface area contributed by atoms with Crippen LogP contribution in [0.25, 0.3) is 0 Å². The number of benzene rings is 2. The van der Waals surface area contributed by atoms with Crippen molar-refractivity contribution >= 4 is 11.9 Å². The van der Waals surface area contributed by atoms with Crippen molar-refractivity contribution in [2.45, 2.75) is 26.7 Å². The molecule has 23 heavy (non-hydrogen) atoms. The molecule has 5 heteroatoms. The van der Waals surface area contributed by atoms with Crippen molar-refractivity contribution in [2.24, 2.45) is 0 Å². The van der Waals surface area contributed by atoms with Gasteiger partial charge in [0.15, 0.2) is 0 Å². The van der Waals surface area contributed by atoms with E-state index in [4.69, 9.17) is 0 Å². The summed E-state index contributed by atoms with van der Waals surface area (Å²) in [5.74, 6) is -2.07. The van der Waals surface area contributed by atoms with E-state index in [1.165, 1.54) is 0 Å². The van der Waals surface area contributed by atoms with E-state index >= 15 is 0 Å². The number of hydrogen-bond acceptors (Lipinski definition) is 4. The summed E-state index contributed by atoms with van der Waals surface area (Å²) in [6.45, 7) is 3.92. The maximum Gasteiger partial charge on any atom is 2.00 e. The number of carboxylic acids is 2. The van der Waals surface area contributed by atoms with Gasteiger partial charge in [-0.25, -0.2) is 0 Å². The van der Waals surface area contributed by atoms with Gasteiger partial charge in [0.05, 0.1) is 0 Å². The van der Waals surface area contributed by atoms with E-state index in [1.54, 1.807) is 24.3 Å². The van der Waals surface area contributed by atoms with Crippen LogP contribution in [0.3, 0.4) is 0 Å². The van der Waals surface area contributed by atoms with Crippen LogP contribution < -0.4 is 10.2 Å². The van der Waals surface area contributed by atoms with Gasteiger partial charge in [-0.1, -0.05) is 59.7 Å². The topological polar surface area (TPSA) is 80.3 Å². The van der Waals surface area contributed by atoms with Gasteiger partial charge in [-0.15, -0.1) is 0 Å². The predicted octanol–water partition coefficient (Wildman–Crippen LogP) is 0.572. The standard InChI is InChI=1S/2C9H10O2.Cu/c2*1-7-2-4-8(5-3-7)6-9(10)11;/h2*2-5H,6H2,1H3,(H,10,11);/q;;+2/p-2. The minimum atomic E-state index is -1.03. The second-order valence-electron chi connectivity index (χ2n) is 5.07. The molecule has 0 aromatic heterocycles. The number of rotatable bonds is 4. The molecule has 125 valence electrons. The Balaban J connectivity index is 0.000000403. The molecule has 0 spiro atoms. The van der Waals surface area contributed by atoms with Crippen LogP contribution in [0.2, 0.25) is 0 Å². The van der Waals surface area contributed by atoms with E-state index in [0.29, 0.717) is 0 Å². The molecular formula is C18H18CuO4. The molecule has 0 amide bonds. The first-order chi connectivity index (χ1) is 10.4. The summed E-state index contributed by atoms with van der Waals surface area (Å²) < 4.78 is 0. The third-order valence-electron chi connectivity index (χ3n) is 2.94. The smallest absolute Gasteiger partial charge is 0.550 e. The van der Waals surface area contributed by atoms with Gasteiger partial charge in [-0.2, -0.15) is 0 Å². The minimum absolute atomic E-state index is 0. The monoisotopic (exact) mass is 361 g/mol. The number of carbonyl (C=O) groups excluding carboxylic acids is 2. The molecule has 4 nitrogen and oxygen atoms in total. The molecule has 0 aliphatic heterocycles. The third kappa shape index (κ3) is 9.50. The van der Waals surface area contributed by atoms with Crippen molar-refractivity contribution in [3.63, 3.8) is 0 Å².